The molecule has 1 amide bonds. The van der Waals surface area contributed by atoms with Gasteiger partial charge in [-0.05, 0) is 46.0 Å². The van der Waals surface area contributed by atoms with E-state index in [9.17, 15) is 13.2 Å². The fourth-order valence-corrected chi connectivity index (χ4v) is 6.42. The summed E-state index contributed by atoms with van der Waals surface area (Å²) in [5.41, 5.74) is 1.58. The summed E-state index contributed by atoms with van der Waals surface area (Å²) >= 11 is 2.55. The molecule has 0 aromatic carbocycles. The quantitative estimate of drug-likeness (QED) is 0.784. The third kappa shape index (κ3) is 4.49. The maximum Gasteiger partial charge on any atom is 0.250 e. The highest BCUT2D eigenvalue weighted by Crippen LogP contribution is 2.36. The minimum Gasteiger partial charge on any atom is -0.306 e. The molecule has 3 heterocycles. The summed E-state index contributed by atoms with van der Waals surface area (Å²) in [6.45, 7) is 5.07. The number of thiophene rings is 1. The van der Waals surface area contributed by atoms with E-state index >= 15 is 0 Å². The fraction of sp³-hybridized carbons (Fsp3) is 0.500. The van der Waals surface area contributed by atoms with Gasteiger partial charge in [0.25, 0.3) is 0 Å². The van der Waals surface area contributed by atoms with Gasteiger partial charge in [-0.15, -0.1) is 11.3 Å². The number of carbonyl (C=O) groups excluding carboxylic acids is 1. The predicted octanol–water partition coefficient (Wildman–Crippen LogP) is 2.51. The van der Waals surface area contributed by atoms with Gasteiger partial charge in [0.2, 0.25) is 15.9 Å². The first-order chi connectivity index (χ1) is 12.2. The number of likely N-dealkylation sites (tertiary alicyclic amines) is 1. The van der Waals surface area contributed by atoms with Crippen molar-refractivity contribution in [1.29, 1.82) is 0 Å². The summed E-state index contributed by atoms with van der Waals surface area (Å²) < 4.78 is 28.5. The van der Waals surface area contributed by atoms with Gasteiger partial charge in [-0.25, -0.2) is 18.1 Å². The third-order valence-electron chi connectivity index (χ3n) is 4.22. The Bertz CT molecular complexity index is 896. The maximum absolute atomic E-state index is 12.7. The molecule has 1 aliphatic rings. The van der Waals surface area contributed by atoms with Crippen LogP contribution >= 0.6 is 22.7 Å². The molecule has 0 atom stereocenters. The molecule has 3 rings (SSSR count). The number of rotatable bonds is 5. The van der Waals surface area contributed by atoms with Crippen molar-refractivity contribution in [2.45, 2.75) is 36.9 Å². The molecule has 1 saturated heterocycles. The minimum atomic E-state index is -3.53. The zero-order chi connectivity index (χ0) is 18.9. The SMILES string of the molecule is CC(=O)Nc1nc(C)c(-c2csc(S(=O)(=O)NC3CCN(C)CC3)c2)s1. The lowest BCUT2D eigenvalue weighted by Gasteiger charge is -2.29. The second kappa shape index (κ2) is 7.73. The summed E-state index contributed by atoms with van der Waals surface area (Å²) in [5.74, 6) is -0.179. The van der Waals surface area contributed by atoms with E-state index in [1.807, 2.05) is 19.4 Å². The number of carbonyl (C=O) groups is 1. The number of nitrogens with zero attached hydrogens (tertiary/aromatic N) is 2. The second-order valence-corrected chi connectivity index (χ2v) is 10.3. The molecule has 26 heavy (non-hydrogen) atoms. The summed E-state index contributed by atoms with van der Waals surface area (Å²) in [6.07, 6.45) is 1.64. The number of aromatic nitrogens is 1. The Kier molecular flexibility index (Phi) is 5.78. The third-order valence-corrected chi connectivity index (χ3v) is 8.30. The minimum absolute atomic E-state index is 0.0155. The normalized spacial score (nSPS) is 16.7. The fourth-order valence-electron chi connectivity index (χ4n) is 2.85. The van der Waals surface area contributed by atoms with Crippen LogP contribution in [-0.2, 0) is 14.8 Å². The summed E-state index contributed by atoms with van der Waals surface area (Å²) in [6, 6.07) is 1.67. The number of aryl methyl sites for hydroxylation is 1. The van der Waals surface area contributed by atoms with Crippen molar-refractivity contribution in [3.63, 3.8) is 0 Å². The number of amides is 1. The van der Waals surface area contributed by atoms with Crippen molar-refractivity contribution >= 4 is 43.7 Å². The van der Waals surface area contributed by atoms with Crippen LogP contribution in [0.15, 0.2) is 15.7 Å². The molecule has 0 bridgehead atoms. The molecule has 10 heteroatoms. The van der Waals surface area contributed by atoms with Crippen LogP contribution in [0.4, 0.5) is 5.13 Å². The van der Waals surface area contributed by atoms with Crippen LogP contribution in [0.5, 0.6) is 0 Å². The molecule has 0 spiro atoms. The van der Waals surface area contributed by atoms with E-state index in [1.54, 1.807) is 6.07 Å². The van der Waals surface area contributed by atoms with Gasteiger partial charge < -0.3 is 10.2 Å². The molecule has 0 unspecified atom stereocenters. The molecule has 0 radical (unpaired) electrons. The zero-order valence-electron chi connectivity index (χ0n) is 14.9. The first-order valence-electron chi connectivity index (χ1n) is 8.29. The van der Waals surface area contributed by atoms with Crippen molar-refractivity contribution in [1.82, 2.24) is 14.6 Å². The lowest BCUT2D eigenvalue weighted by Crippen LogP contribution is -2.43. The van der Waals surface area contributed by atoms with Crippen LogP contribution in [0, 0.1) is 6.92 Å². The number of thiazole rings is 1. The Balaban J connectivity index is 1.76. The van der Waals surface area contributed by atoms with Crippen LogP contribution in [0.3, 0.4) is 0 Å². The monoisotopic (exact) mass is 414 g/mol. The van der Waals surface area contributed by atoms with Gasteiger partial charge in [0.1, 0.15) is 4.21 Å². The summed E-state index contributed by atoms with van der Waals surface area (Å²) in [4.78, 5) is 18.6. The molecule has 2 aromatic heterocycles. The number of piperidine rings is 1. The second-order valence-electron chi connectivity index (χ2n) is 6.47. The molecule has 2 N–H and O–H groups in total. The first kappa shape index (κ1) is 19.4. The van der Waals surface area contributed by atoms with Crippen molar-refractivity contribution in [2.75, 3.05) is 25.5 Å². The highest BCUT2D eigenvalue weighted by molar-refractivity contribution is 7.91. The van der Waals surface area contributed by atoms with E-state index < -0.39 is 10.0 Å². The molecule has 1 fully saturated rings. The van der Waals surface area contributed by atoms with E-state index in [0.29, 0.717) is 9.34 Å². The van der Waals surface area contributed by atoms with E-state index in [2.05, 4.69) is 19.9 Å². The van der Waals surface area contributed by atoms with E-state index in [1.165, 1.54) is 29.6 Å². The number of sulfonamides is 1. The number of anilines is 1. The number of hydrogen-bond donors (Lipinski definition) is 2. The van der Waals surface area contributed by atoms with Crippen molar-refractivity contribution in [3.05, 3.63) is 17.1 Å². The van der Waals surface area contributed by atoms with Crippen LogP contribution in [0.25, 0.3) is 10.4 Å². The molecule has 2 aromatic rings. The van der Waals surface area contributed by atoms with E-state index in [4.69, 9.17) is 0 Å². The van der Waals surface area contributed by atoms with Gasteiger partial charge in [0, 0.05) is 23.9 Å². The summed E-state index contributed by atoms with van der Waals surface area (Å²) in [5, 5.41) is 5.01. The van der Waals surface area contributed by atoms with Gasteiger partial charge in [-0.1, -0.05) is 11.3 Å². The Morgan fingerprint density at radius 2 is 2.04 bits per heavy atom. The average Bonchev–Trinajstić information content (AvgIpc) is 3.16. The largest absolute Gasteiger partial charge is 0.306 e. The molecule has 7 nitrogen and oxygen atoms in total. The van der Waals surface area contributed by atoms with Gasteiger partial charge in [0.05, 0.1) is 10.6 Å². The van der Waals surface area contributed by atoms with Crippen LogP contribution in [-0.4, -0.2) is 50.4 Å². The predicted molar refractivity (Wildman–Crippen MR) is 105 cm³/mol. The molecular weight excluding hydrogens is 392 g/mol. The van der Waals surface area contributed by atoms with Crippen molar-refractivity contribution < 1.29 is 13.2 Å². The summed E-state index contributed by atoms with van der Waals surface area (Å²) in [7, 11) is -1.48. The maximum atomic E-state index is 12.7. The molecular formula is C16H22N4O3S3. The lowest BCUT2D eigenvalue weighted by molar-refractivity contribution is -0.114. The van der Waals surface area contributed by atoms with Crippen LogP contribution in [0.1, 0.15) is 25.5 Å². The molecule has 1 aliphatic heterocycles. The standard InChI is InChI=1S/C16H22N4O3S3/c1-10-15(25-16(17-10)18-11(2)21)12-8-14(24-9-12)26(22,23)19-13-4-6-20(3)7-5-13/h8-9,13,19H,4-7H2,1-3H3,(H,17,18,21). The van der Waals surface area contributed by atoms with Gasteiger partial charge >= 0.3 is 0 Å². The lowest BCUT2D eigenvalue weighted by atomic mass is 10.1. The smallest absolute Gasteiger partial charge is 0.250 e. The van der Waals surface area contributed by atoms with E-state index in [-0.39, 0.29) is 11.9 Å². The highest BCUT2D eigenvalue weighted by atomic mass is 32.2. The topological polar surface area (TPSA) is 91.4 Å². The Labute approximate surface area is 161 Å². The Morgan fingerprint density at radius 1 is 1.35 bits per heavy atom. The van der Waals surface area contributed by atoms with Gasteiger partial charge in [-0.2, -0.15) is 0 Å². The number of hydrogen-bond acceptors (Lipinski definition) is 7. The molecule has 0 aliphatic carbocycles. The zero-order valence-corrected chi connectivity index (χ0v) is 17.4. The highest BCUT2D eigenvalue weighted by Gasteiger charge is 2.25. The van der Waals surface area contributed by atoms with Crippen molar-refractivity contribution in [2.24, 2.45) is 0 Å². The Morgan fingerprint density at radius 3 is 2.69 bits per heavy atom. The average molecular weight is 415 g/mol. The van der Waals surface area contributed by atoms with Crippen molar-refractivity contribution in [3.8, 4) is 10.4 Å². The first-order valence-corrected chi connectivity index (χ1v) is 11.5. The number of nitrogens with one attached hydrogen (secondary N) is 2. The van der Waals surface area contributed by atoms with Crippen LogP contribution < -0.4 is 10.0 Å². The van der Waals surface area contributed by atoms with Gasteiger partial charge in [0.15, 0.2) is 5.13 Å². The van der Waals surface area contributed by atoms with E-state index in [0.717, 1.165) is 42.1 Å². The van der Waals surface area contributed by atoms with Gasteiger partial charge in [-0.3, -0.25) is 4.79 Å². The molecule has 142 valence electrons. The Hall–Kier alpha value is -1.33. The molecule has 0 saturated carbocycles. The van der Waals surface area contributed by atoms with Crippen LogP contribution in [0.2, 0.25) is 0 Å².